The molecule has 1 fully saturated rings. The van der Waals surface area contributed by atoms with E-state index in [1.54, 1.807) is 0 Å². The summed E-state index contributed by atoms with van der Waals surface area (Å²) in [4.78, 5) is 4.97. The summed E-state index contributed by atoms with van der Waals surface area (Å²) in [5.41, 5.74) is 10.3. The van der Waals surface area contributed by atoms with Gasteiger partial charge in [-0.25, -0.2) is 0 Å². The third-order valence-electron chi connectivity index (χ3n) is 5.10. The van der Waals surface area contributed by atoms with Crippen LogP contribution in [0.3, 0.4) is 0 Å². The zero-order valence-corrected chi connectivity index (χ0v) is 12.8. The number of anilines is 1. The van der Waals surface area contributed by atoms with Gasteiger partial charge in [0.2, 0.25) is 0 Å². The summed E-state index contributed by atoms with van der Waals surface area (Å²) in [6.07, 6.45) is 5.09. The Kier molecular flexibility index (Phi) is 3.99. The number of nitrogens with two attached hydrogens (primary N) is 1. The summed E-state index contributed by atoms with van der Waals surface area (Å²) < 4.78 is 0. The van der Waals surface area contributed by atoms with Crippen molar-refractivity contribution in [3.05, 3.63) is 29.3 Å². The standard InChI is InChI=1S/C17H27N3/c1-13-4-3-5-16(11-18)20(13)12-14-6-7-17-15(10-14)8-9-19(17)2/h6-7,10,13,16H,3-5,8-9,11-12,18H2,1-2H3. The number of likely N-dealkylation sites (tertiary alicyclic amines) is 1. The van der Waals surface area contributed by atoms with Gasteiger partial charge in [-0.3, -0.25) is 4.90 Å². The van der Waals surface area contributed by atoms with E-state index in [1.807, 2.05) is 0 Å². The summed E-state index contributed by atoms with van der Waals surface area (Å²) >= 11 is 0. The summed E-state index contributed by atoms with van der Waals surface area (Å²) in [5, 5.41) is 0. The van der Waals surface area contributed by atoms with Crippen molar-refractivity contribution in [2.45, 2.75) is 51.2 Å². The van der Waals surface area contributed by atoms with Gasteiger partial charge in [0.15, 0.2) is 0 Å². The van der Waals surface area contributed by atoms with Gasteiger partial charge in [0, 0.05) is 44.5 Å². The number of rotatable bonds is 3. The molecule has 2 N–H and O–H groups in total. The molecule has 0 bridgehead atoms. The number of nitrogens with zero attached hydrogens (tertiary/aromatic N) is 2. The maximum absolute atomic E-state index is 5.97. The van der Waals surface area contributed by atoms with E-state index in [1.165, 1.54) is 42.5 Å². The lowest BCUT2D eigenvalue weighted by atomic mass is 9.95. The van der Waals surface area contributed by atoms with Crippen LogP contribution < -0.4 is 10.6 Å². The molecule has 2 aliphatic rings. The lowest BCUT2D eigenvalue weighted by molar-refractivity contribution is 0.0892. The molecule has 1 saturated heterocycles. The van der Waals surface area contributed by atoms with Crippen LogP contribution in [0.15, 0.2) is 18.2 Å². The molecular formula is C17H27N3. The molecule has 3 nitrogen and oxygen atoms in total. The second-order valence-corrected chi connectivity index (χ2v) is 6.48. The Balaban J connectivity index is 1.76. The van der Waals surface area contributed by atoms with Crippen LogP contribution in [0.5, 0.6) is 0 Å². The second-order valence-electron chi connectivity index (χ2n) is 6.48. The Morgan fingerprint density at radius 1 is 1.30 bits per heavy atom. The SMILES string of the molecule is CC1CCCC(CN)N1Cc1ccc2c(c1)CCN2C. The highest BCUT2D eigenvalue weighted by Gasteiger charge is 2.27. The van der Waals surface area contributed by atoms with Crippen LogP contribution in [-0.4, -0.2) is 37.1 Å². The van der Waals surface area contributed by atoms with Gasteiger partial charge in [-0.1, -0.05) is 18.6 Å². The molecule has 0 aromatic heterocycles. The summed E-state index contributed by atoms with van der Waals surface area (Å²) in [6.45, 7) is 5.35. The number of hydrogen-bond donors (Lipinski definition) is 1. The van der Waals surface area contributed by atoms with Gasteiger partial charge < -0.3 is 10.6 Å². The summed E-state index contributed by atoms with van der Waals surface area (Å²) in [7, 11) is 2.18. The lowest BCUT2D eigenvalue weighted by Crippen LogP contribution is -2.48. The highest BCUT2D eigenvalue weighted by molar-refractivity contribution is 5.58. The van der Waals surface area contributed by atoms with E-state index in [0.29, 0.717) is 12.1 Å². The van der Waals surface area contributed by atoms with Crippen LogP contribution in [0.25, 0.3) is 0 Å². The van der Waals surface area contributed by atoms with Gasteiger partial charge in [0.1, 0.15) is 0 Å². The number of likely N-dealkylation sites (N-methyl/N-ethyl adjacent to an activating group) is 1. The van der Waals surface area contributed by atoms with Gasteiger partial charge in [-0.2, -0.15) is 0 Å². The number of fused-ring (bicyclic) bond motifs is 1. The van der Waals surface area contributed by atoms with E-state index in [4.69, 9.17) is 5.73 Å². The monoisotopic (exact) mass is 273 g/mol. The lowest BCUT2D eigenvalue weighted by Gasteiger charge is -2.40. The van der Waals surface area contributed by atoms with Crippen molar-refractivity contribution < 1.29 is 0 Å². The molecule has 1 aromatic rings. The van der Waals surface area contributed by atoms with Crippen molar-refractivity contribution in [3.63, 3.8) is 0 Å². The Hall–Kier alpha value is -1.06. The normalized spacial score (nSPS) is 26.9. The molecule has 110 valence electrons. The molecule has 0 radical (unpaired) electrons. The van der Waals surface area contributed by atoms with E-state index in [-0.39, 0.29) is 0 Å². The van der Waals surface area contributed by atoms with E-state index in [9.17, 15) is 0 Å². The van der Waals surface area contributed by atoms with Gasteiger partial charge in [0.05, 0.1) is 0 Å². The van der Waals surface area contributed by atoms with Crippen LogP contribution in [0.4, 0.5) is 5.69 Å². The molecule has 3 rings (SSSR count). The Labute approximate surface area is 122 Å². The first-order chi connectivity index (χ1) is 9.69. The van der Waals surface area contributed by atoms with Crippen molar-refractivity contribution in [1.82, 2.24) is 4.90 Å². The topological polar surface area (TPSA) is 32.5 Å². The van der Waals surface area contributed by atoms with Crippen molar-refractivity contribution in [1.29, 1.82) is 0 Å². The molecule has 3 heteroatoms. The summed E-state index contributed by atoms with van der Waals surface area (Å²) in [5.74, 6) is 0. The predicted octanol–water partition coefficient (Wildman–Crippen LogP) is 2.38. The maximum Gasteiger partial charge on any atom is 0.0397 e. The quantitative estimate of drug-likeness (QED) is 0.918. The average molecular weight is 273 g/mol. The molecular weight excluding hydrogens is 246 g/mol. The fourth-order valence-electron chi connectivity index (χ4n) is 3.81. The minimum atomic E-state index is 0.565. The van der Waals surface area contributed by atoms with Crippen molar-refractivity contribution in [3.8, 4) is 0 Å². The average Bonchev–Trinajstić information content (AvgIpc) is 2.82. The van der Waals surface area contributed by atoms with Crippen LogP contribution in [0.1, 0.15) is 37.3 Å². The molecule has 0 spiro atoms. The predicted molar refractivity (Wildman–Crippen MR) is 85.1 cm³/mol. The van der Waals surface area contributed by atoms with Crippen LogP contribution in [0, 0.1) is 0 Å². The summed E-state index contributed by atoms with van der Waals surface area (Å²) in [6, 6.07) is 8.23. The first-order valence-electron chi connectivity index (χ1n) is 7.98. The molecule has 1 aromatic carbocycles. The fourth-order valence-corrected chi connectivity index (χ4v) is 3.81. The Bertz CT molecular complexity index is 471. The number of hydrogen-bond acceptors (Lipinski definition) is 3. The minimum Gasteiger partial charge on any atom is -0.374 e. The molecule has 2 heterocycles. The molecule has 2 atom stereocenters. The molecule has 0 aliphatic carbocycles. The molecule has 2 aliphatic heterocycles. The van der Waals surface area contributed by atoms with Crippen molar-refractivity contribution in [2.75, 3.05) is 25.0 Å². The van der Waals surface area contributed by atoms with Gasteiger partial charge in [0.25, 0.3) is 0 Å². The number of piperidine rings is 1. The minimum absolute atomic E-state index is 0.565. The van der Waals surface area contributed by atoms with Crippen LogP contribution in [-0.2, 0) is 13.0 Å². The van der Waals surface area contributed by atoms with E-state index >= 15 is 0 Å². The smallest absolute Gasteiger partial charge is 0.0397 e. The third-order valence-corrected chi connectivity index (χ3v) is 5.10. The zero-order valence-electron chi connectivity index (χ0n) is 12.8. The van der Waals surface area contributed by atoms with Gasteiger partial charge in [-0.05, 0) is 43.4 Å². The molecule has 20 heavy (non-hydrogen) atoms. The highest BCUT2D eigenvalue weighted by Crippen LogP contribution is 2.29. The van der Waals surface area contributed by atoms with Crippen molar-refractivity contribution in [2.24, 2.45) is 5.73 Å². The van der Waals surface area contributed by atoms with Crippen LogP contribution in [0.2, 0.25) is 0 Å². The van der Waals surface area contributed by atoms with Gasteiger partial charge >= 0.3 is 0 Å². The Morgan fingerprint density at radius 2 is 2.15 bits per heavy atom. The van der Waals surface area contributed by atoms with E-state index < -0.39 is 0 Å². The van der Waals surface area contributed by atoms with Crippen LogP contribution >= 0.6 is 0 Å². The first kappa shape index (κ1) is 13.9. The molecule has 0 saturated carbocycles. The molecule has 0 amide bonds. The van der Waals surface area contributed by atoms with Gasteiger partial charge in [-0.15, -0.1) is 0 Å². The Morgan fingerprint density at radius 3 is 2.95 bits per heavy atom. The van der Waals surface area contributed by atoms with E-state index in [2.05, 4.69) is 42.0 Å². The largest absolute Gasteiger partial charge is 0.374 e. The molecule has 2 unspecified atom stereocenters. The second kappa shape index (κ2) is 5.74. The van der Waals surface area contributed by atoms with Crippen molar-refractivity contribution >= 4 is 5.69 Å². The third kappa shape index (κ3) is 2.57. The first-order valence-corrected chi connectivity index (χ1v) is 7.98. The zero-order chi connectivity index (χ0) is 14.1. The number of benzene rings is 1. The fraction of sp³-hybridized carbons (Fsp3) is 0.647. The maximum atomic E-state index is 5.97. The van der Waals surface area contributed by atoms with E-state index in [0.717, 1.165) is 19.6 Å². The highest BCUT2D eigenvalue weighted by atomic mass is 15.2.